The maximum absolute atomic E-state index is 12.0. The molecule has 148 valence electrons. The van der Waals surface area contributed by atoms with E-state index in [0.29, 0.717) is 38.5 Å². The summed E-state index contributed by atoms with van der Waals surface area (Å²) in [7, 11) is 0. The lowest BCUT2D eigenvalue weighted by Gasteiger charge is -2.25. The van der Waals surface area contributed by atoms with E-state index >= 15 is 0 Å². The van der Waals surface area contributed by atoms with E-state index in [-0.39, 0.29) is 41.9 Å². The van der Waals surface area contributed by atoms with Crippen LogP contribution in [0.15, 0.2) is 4.99 Å². The normalized spacial score (nSPS) is 20.1. The predicted octanol–water partition coefficient (Wildman–Crippen LogP) is 1.21. The van der Waals surface area contributed by atoms with Gasteiger partial charge in [-0.3, -0.25) is 9.79 Å². The van der Waals surface area contributed by atoms with E-state index in [0.717, 1.165) is 32.7 Å². The summed E-state index contributed by atoms with van der Waals surface area (Å²) >= 11 is 0. The monoisotopic (exact) mass is 470 g/mol. The highest BCUT2D eigenvalue weighted by Gasteiger charge is 2.34. The summed E-state index contributed by atoms with van der Waals surface area (Å²) in [5, 5.41) is 15.7. The average Bonchev–Trinajstić information content (AvgIpc) is 3.03. The Morgan fingerprint density at radius 3 is 2.52 bits per heavy atom. The highest BCUT2D eigenvalue weighted by atomic mass is 127. The van der Waals surface area contributed by atoms with Crippen molar-refractivity contribution in [3.8, 4) is 0 Å². The van der Waals surface area contributed by atoms with E-state index in [9.17, 15) is 9.90 Å². The third-order valence-electron chi connectivity index (χ3n) is 4.49. The number of aliphatic hydroxyl groups is 1. The molecular formula is C17H35IN4O3. The molecule has 0 aromatic carbocycles. The molecule has 1 unspecified atom stereocenters. The number of carbonyl (C=O) groups excluding carboxylic acids is 1. The lowest BCUT2D eigenvalue weighted by Crippen LogP contribution is -2.41. The highest BCUT2D eigenvalue weighted by Crippen LogP contribution is 2.32. The Bertz CT molecular complexity index is 397. The van der Waals surface area contributed by atoms with Crippen LogP contribution in [-0.4, -0.2) is 74.4 Å². The van der Waals surface area contributed by atoms with Gasteiger partial charge in [0.15, 0.2) is 5.96 Å². The van der Waals surface area contributed by atoms with Gasteiger partial charge in [0.25, 0.3) is 0 Å². The van der Waals surface area contributed by atoms with E-state index in [1.54, 1.807) is 0 Å². The minimum absolute atomic E-state index is 0. The second-order valence-electron chi connectivity index (χ2n) is 6.21. The number of aliphatic imine (C=N–C) groups is 1. The summed E-state index contributed by atoms with van der Waals surface area (Å²) in [4.78, 5) is 18.5. The van der Waals surface area contributed by atoms with Crippen molar-refractivity contribution in [2.24, 2.45) is 10.4 Å². The number of guanidine groups is 1. The summed E-state index contributed by atoms with van der Waals surface area (Å²) in [6.45, 7) is 11.0. The molecule has 1 fully saturated rings. The van der Waals surface area contributed by atoms with Gasteiger partial charge in [-0.05, 0) is 33.6 Å². The van der Waals surface area contributed by atoms with Crippen LogP contribution in [0.2, 0.25) is 0 Å². The fourth-order valence-electron chi connectivity index (χ4n) is 2.90. The molecule has 7 nitrogen and oxygen atoms in total. The van der Waals surface area contributed by atoms with Crippen molar-refractivity contribution in [2.75, 3.05) is 52.5 Å². The summed E-state index contributed by atoms with van der Waals surface area (Å²) < 4.78 is 5.50. The minimum Gasteiger partial charge on any atom is -0.396 e. The van der Waals surface area contributed by atoms with E-state index < -0.39 is 0 Å². The number of hydrogen-bond acceptors (Lipinski definition) is 4. The van der Waals surface area contributed by atoms with Crippen LogP contribution in [0.4, 0.5) is 0 Å². The molecule has 1 rings (SSSR count). The molecule has 0 aromatic rings. The number of halogens is 1. The first kappa shape index (κ1) is 24.4. The van der Waals surface area contributed by atoms with Crippen molar-refractivity contribution in [1.29, 1.82) is 0 Å². The Kier molecular flexibility index (Phi) is 13.2. The molecule has 1 atom stereocenters. The molecule has 0 spiro atoms. The number of ether oxygens (including phenoxy) is 1. The standard InChI is InChI=1S/C17H34N4O3.HI/c1-4-18-16(19-10-7-15(23)21(5-2)6-3)20-13-17(8-11-22)9-12-24-14-17;/h22H,4-14H2,1-3H3,(H2,18,19,20);1H. The van der Waals surface area contributed by atoms with Crippen LogP contribution < -0.4 is 10.6 Å². The number of nitrogens with zero attached hydrogens (tertiary/aromatic N) is 2. The van der Waals surface area contributed by atoms with Gasteiger partial charge in [-0.25, -0.2) is 0 Å². The van der Waals surface area contributed by atoms with E-state index in [1.807, 2.05) is 25.7 Å². The Hall–Kier alpha value is -0.610. The Morgan fingerprint density at radius 1 is 1.28 bits per heavy atom. The van der Waals surface area contributed by atoms with Crippen LogP contribution >= 0.6 is 24.0 Å². The van der Waals surface area contributed by atoms with Gasteiger partial charge >= 0.3 is 0 Å². The molecule has 1 heterocycles. The lowest BCUT2D eigenvalue weighted by molar-refractivity contribution is -0.130. The Labute approximate surface area is 169 Å². The smallest absolute Gasteiger partial charge is 0.224 e. The fraction of sp³-hybridized carbons (Fsp3) is 0.882. The summed E-state index contributed by atoms with van der Waals surface area (Å²) in [6.07, 6.45) is 2.09. The van der Waals surface area contributed by atoms with E-state index in [2.05, 4.69) is 15.6 Å². The van der Waals surface area contributed by atoms with Crippen molar-refractivity contribution >= 4 is 35.8 Å². The van der Waals surface area contributed by atoms with Gasteiger partial charge in [0, 0.05) is 51.2 Å². The number of rotatable bonds is 10. The molecule has 0 radical (unpaired) electrons. The quantitative estimate of drug-likeness (QED) is 0.254. The summed E-state index contributed by atoms with van der Waals surface area (Å²) in [5.41, 5.74) is -0.0614. The van der Waals surface area contributed by atoms with Gasteiger partial charge < -0.3 is 25.4 Å². The molecule has 1 aliphatic rings. The van der Waals surface area contributed by atoms with Gasteiger partial charge in [-0.1, -0.05) is 0 Å². The molecule has 1 amide bonds. The SMILES string of the molecule is CCNC(=NCC1(CCO)CCOC1)NCCC(=O)N(CC)CC.I. The Balaban J connectivity index is 0.00000576. The number of amides is 1. The summed E-state index contributed by atoms with van der Waals surface area (Å²) in [5.74, 6) is 0.873. The molecule has 0 aliphatic carbocycles. The molecular weight excluding hydrogens is 435 g/mol. The molecule has 0 bridgehead atoms. The van der Waals surface area contributed by atoms with Crippen molar-refractivity contribution in [2.45, 2.75) is 40.0 Å². The minimum atomic E-state index is -0.0614. The van der Waals surface area contributed by atoms with Crippen molar-refractivity contribution in [1.82, 2.24) is 15.5 Å². The van der Waals surface area contributed by atoms with Crippen molar-refractivity contribution < 1.29 is 14.6 Å². The van der Waals surface area contributed by atoms with Gasteiger partial charge in [0.05, 0.1) is 13.2 Å². The highest BCUT2D eigenvalue weighted by molar-refractivity contribution is 14.0. The van der Waals surface area contributed by atoms with Crippen LogP contribution in [-0.2, 0) is 9.53 Å². The first-order valence-corrected chi connectivity index (χ1v) is 9.09. The largest absolute Gasteiger partial charge is 0.396 e. The molecule has 3 N–H and O–H groups in total. The Morgan fingerprint density at radius 2 is 2.00 bits per heavy atom. The number of aliphatic hydroxyl groups excluding tert-OH is 1. The maximum Gasteiger partial charge on any atom is 0.224 e. The molecule has 8 heteroatoms. The number of nitrogens with one attached hydrogen (secondary N) is 2. The van der Waals surface area contributed by atoms with Crippen molar-refractivity contribution in [3.63, 3.8) is 0 Å². The zero-order valence-electron chi connectivity index (χ0n) is 15.8. The molecule has 1 aliphatic heterocycles. The maximum atomic E-state index is 12.0. The zero-order valence-corrected chi connectivity index (χ0v) is 18.2. The second-order valence-corrected chi connectivity index (χ2v) is 6.21. The van der Waals surface area contributed by atoms with Gasteiger partial charge in [0.1, 0.15) is 0 Å². The topological polar surface area (TPSA) is 86.2 Å². The van der Waals surface area contributed by atoms with Gasteiger partial charge in [-0.15, -0.1) is 24.0 Å². The van der Waals surface area contributed by atoms with E-state index in [4.69, 9.17) is 4.74 Å². The van der Waals surface area contributed by atoms with Crippen LogP contribution in [0, 0.1) is 5.41 Å². The van der Waals surface area contributed by atoms with Crippen LogP contribution in [0.5, 0.6) is 0 Å². The van der Waals surface area contributed by atoms with E-state index in [1.165, 1.54) is 0 Å². The predicted molar refractivity (Wildman–Crippen MR) is 112 cm³/mol. The van der Waals surface area contributed by atoms with Crippen LogP contribution in [0.1, 0.15) is 40.0 Å². The first-order chi connectivity index (χ1) is 11.6. The van der Waals surface area contributed by atoms with Gasteiger partial charge in [-0.2, -0.15) is 0 Å². The van der Waals surface area contributed by atoms with Gasteiger partial charge in [0.2, 0.25) is 5.91 Å². The zero-order chi connectivity index (χ0) is 17.8. The first-order valence-electron chi connectivity index (χ1n) is 9.09. The lowest BCUT2D eigenvalue weighted by atomic mass is 9.84. The third-order valence-corrected chi connectivity index (χ3v) is 4.49. The van der Waals surface area contributed by atoms with Crippen molar-refractivity contribution in [3.05, 3.63) is 0 Å². The molecule has 0 aromatic heterocycles. The third kappa shape index (κ3) is 8.54. The van der Waals surface area contributed by atoms with Crippen LogP contribution in [0.25, 0.3) is 0 Å². The molecule has 0 saturated carbocycles. The second kappa shape index (κ2) is 13.6. The molecule has 25 heavy (non-hydrogen) atoms. The number of carbonyl (C=O) groups is 1. The number of hydrogen-bond donors (Lipinski definition) is 3. The van der Waals surface area contributed by atoms with Crippen LogP contribution in [0.3, 0.4) is 0 Å². The fourth-order valence-corrected chi connectivity index (χ4v) is 2.90. The average molecular weight is 470 g/mol. The molecule has 1 saturated heterocycles. The summed E-state index contributed by atoms with van der Waals surface area (Å²) in [6, 6.07) is 0.